The zero-order valence-electron chi connectivity index (χ0n) is 9.14. The monoisotopic (exact) mass is 381 g/mol. The standard InChI is InChI=1S/C10H6BrCl2N3O2S/c11-7-2-1-3-14-10(7)16-19(17,18)6-4-8(12)9(13)15-5-6/h1-5H,(H,14,16). The third kappa shape index (κ3) is 3.36. The van der Waals surface area contributed by atoms with Gasteiger partial charge in [-0.3, -0.25) is 4.72 Å². The van der Waals surface area contributed by atoms with Crippen molar-refractivity contribution in [2.45, 2.75) is 4.90 Å². The zero-order chi connectivity index (χ0) is 14.0. The minimum Gasteiger partial charge on any atom is -0.262 e. The van der Waals surface area contributed by atoms with Gasteiger partial charge < -0.3 is 0 Å². The third-order valence-electron chi connectivity index (χ3n) is 2.07. The number of rotatable bonds is 3. The normalized spacial score (nSPS) is 11.3. The average molecular weight is 383 g/mol. The number of anilines is 1. The highest BCUT2D eigenvalue weighted by molar-refractivity contribution is 9.10. The molecule has 9 heteroatoms. The summed E-state index contributed by atoms with van der Waals surface area (Å²) in [6.07, 6.45) is 2.59. The summed E-state index contributed by atoms with van der Waals surface area (Å²) < 4.78 is 27.0. The lowest BCUT2D eigenvalue weighted by atomic mass is 10.5. The largest absolute Gasteiger partial charge is 0.264 e. The molecule has 0 fully saturated rings. The third-order valence-corrected chi connectivity index (χ3v) is 4.70. The minimum atomic E-state index is -3.82. The second kappa shape index (κ2) is 5.62. The molecule has 0 unspecified atom stereocenters. The molecule has 2 heterocycles. The molecular weight excluding hydrogens is 377 g/mol. The number of nitrogens with one attached hydrogen (secondary N) is 1. The fourth-order valence-electron chi connectivity index (χ4n) is 1.20. The van der Waals surface area contributed by atoms with Gasteiger partial charge in [-0.2, -0.15) is 0 Å². The van der Waals surface area contributed by atoms with Crippen LogP contribution in [-0.4, -0.2) is 18.4 Å². The fourth-order valence-corrected chi connectivity index (χ4v) is 3.02. The molecule has 2 aromatic rings. The molecule has 0 bridgehead atoms. The summed E-state index contributed by atoms with van der Waals surface area (Å²) in [5, 5.41) is 0.101. The number of hydrogen-bond acceptors (Lipinski definition) is 4. The van der Waals surface area contributed by atoms with Crippen molar-refractivity contribution in [3.05, 3.63) is 45.2 Å². The quantitative estimate of drug-likeness (QED) is 0.826. The van der Waals surface area contributed by atoms with Crippen LogP contribution in [0, 0.1) is 0 Å². The van der Waals surface area contributed by atoms with E-state index in [0.29, 0.717) is 4.47 Å². The molecular formula is C10H6BrCl2N3O2S. The maximum atomic E-state index is 12.1. The number of pyridine rings is 2. The summed E-state index contributed by atoms with van der Waals surface area (Å²) in [4.78, 5) is 7.51. The first-order chi connectivity index (χ1) is 8.90. The molecule has 0 aliphatic rings. The summed E-state index contributed by atoms with van der Waals surface area (Å²) in [6.45, 7) is 0. The van der Waals surface area contributed by atoms with E-state index in [1.807, 2.05) is 0 Å². The number of hydrogen-bond donors (Lipinski definition) is 1. The van der Waals surface area contributed by atoms with Gasteiger partial charge in [0, 0.05) is 12.4 Å². The SMILES string of the molecule is O=S(=O)(Nc1ncccc1Br)c1cnc(Cl)c(Cl)c1. The molecule has 0 aliphatic carbocycles. The van der Waals surface area contributed by atoms with E-state index in [0.717, 1.165) is 6.20 Å². The maximum absolute atomic E-state index is 12.1. The Balaban J connectivity index is 2.38. The molecule has 5 nitrogen and oxygen atoms in total. The van der Waals surface area contributed by atoms with E-state index >= 15 is 0 Å². The van der Waals surface area contributed by atoms with E-state index < -0.39 is 10.0 Å². The van der Waals surface area contributed by atoms with Crippen LogP contribution in [0.2, 0.25) is 10.2 Å². The molecule has 0 saturated heterocycles. The molecule has 0 saturated carbocycles. The Morgan fingerprint density at radius 1 is 1.26 bits per heavy atom. The summed E-state index contributed by atoms with van der Waals surface area (Å²) in [7, 11) is -3.82. The summed E-state index contributed by atoms with van der Waals surface area (Å²) in [5.74, 6) is 0.175. The molecule has 0 amide bonds. The smallest absolute Gasteiger partial charge is 0.262 e. The van der Waals surface area contributed by atoms with E-state index in [9.17, 15) is 8.42 Å². The number of nitrogens with zero attached hydrogens (tertiary/aromatic N) is 2. The number of aromatic nitrogens is 2. The lowest BCUT2D eigenvalue weighted by molar-refractivity contribution is 0.600. The Labute approximate surface area is 128 Å². The van der Waals surface area contributed by atoms with Crippen LogP contribution in [0.1, 0.15) is 0 Å². The summed E-state index contributed by atoms with van der Waals surface area (Å²) in [6, 6.07) is 4.55. The summed E-state index contributed by atoms with van der Waals surface area (Å²) in [5.41, 5.74) is 0. The van der Waals surface area contributed by atoms with Crippen LogP contribution < -0.4 is 4.72 Å². The van der Waals surface area contributed by atoms with E-state index in [1.165, 1.54) is 12.3 Å². The van der Waals surface area contributed by atoms with Crippen LogP contribution >= 0.6 is 39.1 Å². The molecule has 19 heavy (non-hydrogen) atoms. The van der Waals surface area contributed by atoms with Gasteiger partial charge in [0.05, 0.1) is 9.50 Å². The van der Waals surface area contributed by atoms with Crippen molar-refractivity contribution in [3.8, 4) is 0 Å². The van der Waals surface area contributed by atoms with Gasteiger partial charge in [0.2, 0.25) is 0 Å². The van der Waals surface area contributed by atoms with Crippen LogP contribution in [0.5, 0.6) is 0 Å². The average Bonchev–Trinajstić information content (AvgIpc) is 2.35. The second-order valence-corrected chi connectivity index (χ2v) is 6.68. The van der Waals surface area contributed by atoms with Crippen molar-refractivity contribution in [1.82, 2.24) is 9.97 Å². The van der Waals surface area contributed by atoms with Crippen molar-refractivity contribution in [3.63, 3.8) is 0 Å². The van der Waals surface area contributed by atoms with Gasteiger partial charge in [-0.1, -0.05) is 23.2 Å². The van der Waals surface area contributed by atoms with Crippen LogP contribution in [0.25, 0.3) is 0 Å². The lowest BCUT2D eigenvalue weighted by Gasteiger charge is -2.08. The molecule has 0 aliphatic heterocycles. The summed E-state index contributed by atoms with van der Waals surface area (Å²) >= 11 is 14.6. The molecule has 0 atom stereocenters. The van der Waals surface area contributed by atoms with E-state index in [1.54, 1.807) is 12.1 Å². The van der Waals surface area contributed by atoms with Crippen LogP contribution in [0.15, 0.2) is 40.0 Å². The van der Waals surface area contributed by atoms with Gasteiger partial charge in [-0.05, 0) is 34.1 Å². The topological polar surface area (TPSA) is 72.0 Å². The van der Waals surface area contributed by atoms with Crippen molar-refractivity contribution >= 4 is 55.0 Å². The fraction of sp³-hybridized carbons (Fsp3) is 0. The molecule has 2 rings (SSSR count). The Kier molecular flexibility index (Phi) is 4.29. The van der Waals surface area contributed by atoms with Gasteiger partial charge in [0.15, 0.2) is 5.82 Å². The molecule has 0 aromatic carbocycles. The van der Waals surface area contributed by atoms with Gasteiger partial charge >= 0.3 is 0 Å². The first-order valence-electron chi connectivity index (χ1n) is 4.84. The first-order valence-corrected chi connectivity index (χ1v) is 7.88. The molecule has 0 radical (unpaired) electrons. The van der Waals surface area contributed by atoms with E-state index in [2.05, 4.69) is 30.6 Å². The van der Waals surface area contributed by atoms with Crippen LogP contribution in [0.3, 0.4) is 0 Å². The van der Waals surface area contributed by atoms with Gasteiger partial charge in [0.25, 0.3) is 10.0 Å². The van der Waals surface area contributed by atoms with Crippen molar-refractivity contribution in [2.75, 3.05) is 4.72 Å². The number of halogens is 3. The van der Waals surface area contributed by atoms with Gasteiger partial charge in [-0.15, -0.1) is 0 Å². The zero-order valence-corrected chi connectivity index (χ0v) is 13.1. The molecule has 1 N–H and O–H groups in total. The Morgan fingerprint density at radius 2 is 2.00 bits per heavy atom. The van der Waals surface area contributed by atoms with Gasteiger partial charge in [0.1, 0.15) is 10.0 Å². The van der Waals surface area contributed by atoms with Gasteiger partial charge in [-0.25, -0.2) is 18.4 Å². The minimum absolute atomic E-state index is 0.0413. The van der Waals surface area contributed by atoms with E-state index in [-0.39, 0.29) is 20.9 Å². The van der Waals surface area contributed by atoms with Crippen molar-refractivity contribution in [1.29, 1.82) is 0 Å². The highest BCUT2D eigenvalue weighted by atomic mass is 79.9. The molecule has 0 spiro atoms. The van der Waals surface area contributed by atoms with E-state index in [4.69, 9.17) is 23.2 Å². The number of sulfonamides is 1. The second-order valence-electron chi connectivity index (χ2n) is 3.38. The molecule has 100 valence electrons. The molecule has 2 aromatic heterocycles. The lowest BCUT2D eigenvalue weighted by Crippen LogP contribution is -2.14. The predicted octanol–water partition coefficient (Wildman–Crippen LogP) is 3.35. The van der Waals surface area contributed by atoms with Crippen molar-refractivity contribution < 1.29 is 8.42 Å². The Bertz CT molecular complexity index is 724. The Morgan fingerprint density at radius 3 is 2.63 bits per heavy atom. The first kappa shape index (κ1) is 14.5. The van der Waals surface area contributed by atoms with Crippen molar-refractivity contribution in [2.24, 2.45) is 0 Å². The Hall–Kier alpha value is -0.890. The maximum Gasteiger partial charge on any atom is 0.264 e. The highest BCUT2D eigenvalue weighted by Crippen LogP contribution is 2.25. The van der Waals surface area contributed by atoms with Crippen LogP contribution in [-0.2, 0) is 10.0 Å². The highest BCUT2D eigenvalue weighted by Gasteiger charge is 2.18. The predicted molar refractivity (Wildman–Crippen MR) is 77.0 cm³/mol. The van der Waals surface area contributed by atoms with Crippen LogP contribution in [0.4, 0.5) is 5.82 Å².